The maximum absolute atomic E-state index is 11.2. The lowest BCUT2D eigenvalue weighted by Gasteiger charge is -2.24. The monoisotopic (exact) mass is 235 g/mol. The number of hydrogen-bond donors (Lipinski definition) is 3. The second-order valence-corrected chi connectivity index (χ2v) is 4.30. The maximum atomic E-state index is 11.2. The summed E-state index contributed by atoms with van der Waals surface area (Å²) in [6.07, 6.45) is -0.258. The maximum Gasteiger partial charge on any atom is 0.240 e. The number of hydrogen-bond acceptors (Lipinski definition) is 4. The van der Waals surface area contributed by atoms with Crippen molar-refractivity contribution in [1.82, 2.24) is 5.43 Å². The van der Waals surface area contributed by atoms with Gasteiger partial charge in [-0.1, -0.05) is 18.2 Å². The van der Waals surface area contributed by atoms with Gasteiger partial charge in [0.2, 0.25) is 5.91 Å². The van der Waals surface area contributed by atoms with E-state index in [2.05, 4.69) is 5.43 Å². The van der Waals surface area contributed by atoms with Gasteiger partial charge in [-0.25, -0.2) is 0 Å². The second kappa shape index (κ2) is 4.73. The van der Waals surface area contributed by atoms with E-state index in [1.807, 2.05) is 24.3 Å². The number of carbonyl (C=O) groups is 1. The Labute approximate surface area is 100 Å². The van der Waals surface area contributed by atoms with Gasteiger partial charge in [0.15, 0.2) is 0 Å². The summed E-state index contributed by atoms with van der Waals surface area (Å²) in [5.41, 5.74) is 10.0. The molecule has 1 aromatic rings. The molecule has 1 saturated heterocycles. The average molecular weight is 235 g/mol. The van der Waals surface area contributed by atoms with Gasteiger partial charge >= 0.3 is 0 Å². The molecule has 0 bridgehead atoms. The lowest BCUT2D eigenvalue weighted by atomic mass is 10.0. The molecule has 1 heterocycles. The second-order valence-electron chi connectivity index (χ2n) is 4.30. The van der Waals surface area contributed by atoms with Crippen LogP contribution in [0.3, 0.4) is 0 Å². The van der Waals surface area contributed by atoms with Crippen LogP contribution in [0.25, 0.3) is 0 Å². The number of anilines is 1. The Bertz CT molecular complexity index is 420. The molecule has 5 heteroatoms. The number of nitrogens with two attached hydrogens (primary N) is 1. The Hall–Kier alpha value is -1.59. The van der Waals surface area contributed by atoms with Crippen molar-refractivity contribution in [3.63, 3.8) is 0 Å². The molecule has 0 aliphatic carbocycles. The summed E-state index contributed by atoms with van der Waals surface area (Å²) in [6.45, 7) is 2.37. The molecule has 1 aliphatic heterocycles. The molecular formula is C12H17N3O2. The molecule has 4 N–H and O–H groups in total. The van der Waals surface area contributed by atoms with E-state index in [0.717, 1.165) is 11.3 Å². The molecule has 2 unspecified atom stereocenters. The Morgan fingerprint density at radius 1 is 1.47 bits per heavy atom. The van der Waals surface area contributed by atoms with Crippen molar-refractivity contribution in [3.05, 3.63) is 29.8 Å². The number of benzene rings is 1. The van der Waals surface area contributed by atoms with Crippen LogP contribution in [-0.4, -0.2) is 23.6 Å². The number of nitrogens with one attached hydrogen (secondary N) is 1. The van der Waals surface area contributed by atoms with E-state index in [0.29, 0.717) is 13.0 Å². The summed E-state index contributed by atoms with van der Waals surface area (Å²) < 4.78 is 0. The van der Waals surface area contributed by atoms with Gasteiger partial charge in [0, 0.05) is 24.6 Å². The van der Waals surface area contributed by atoms with Crippen LogP contribution in [0.4, 0.5) is 5.69 Å². The molecule has 17 heavy (non-hydrogen) atoms. The van der Waals surface area contributed by atoms with Crippen LogP contribution in [0.1, 0.15) is 25.0 Å². The normalized spacial score (nSPS) is 19.0. The van der Waals surface area contributed by atoms with Crippen molar-refractivity contribution in [2.75, 3.05) is 11.6 Å². The molecule has 1 fully saturated rings. The SMILES string of the molecule is CC(N)C(O)c1ccccc1N1CCC(=O)N1. The summed E-state index contributed by atoms with van der Waals surface area (Å²) in [7, 11) is 0. The Morgan fingerprint density at radius 3 is 2.76 bits per heavy atom. The number of hydrazine groups is 1. The third-order valence-electron chi connectivity index (χ3n) is 2.87. The predicted octanol–water partition coefficient (Wildman–Crippen LogP) is 0.309. The van der Waals surface area contributed by atoms with Crippen molar-refractivity contribution in [1.29, 1.82) is 0 Å². The van der Waals surface area contributed by atoms with Crippen molar-refractivity contribution in [3.8, 4) is 0 Å². The lowest BCUT2D eigenvalue weighted by Crippen LogP contribution is -2.35. The van der Waals surface area contributed by atoms with Crippen molar-refractivity contribution in [2.24, 2.45) is 5.73 Å². The highest BCUT2D eigenvalue weighted by molar-refractivity contribution is 5.82. The van der Waals surface area contributed by atoms with Gasteiger partial charge in [-0.05, 0) is 13.0 Å². The molecule has 1 aliphatic rings. The molecule has 2 atom stereocenters. The van der Waals surface area contributed by atoms with Crippen LogP contribution in [-0.2, 0) is 4.79 Å². The van der Waals surface area contributed by atoms with Gasteiger partial charge in [-0.2, -0.15) is 0 Å². The molecule has 0 spiro atoms. The van der Waals surface area contributed by atoms with Gasteiger partial charge in [0.1, 0.15) is 0 Å². The fourth-order valence-corrected chi connectivity index (χ4v) is 1.92. The number of carbonyl (C=O) groups excluding carboxylic acids is 1. The van der Waals surface area contributed by atoms with Crippen LogP contribution >= 0.6 is 0 Å². The Kier molecular flexibility index (Phi) is 3.31. The molecule has 0 aromatic heterocycles. The van der Waals surface area contributed by atoms with Crippen LogP contribution in [0, 0.1) is 0 Å². The molecular weight excluding hydrogens is 218 g/mol. The Morgan fingerprint density at radius 2 is 2.18 bits per heavy atom. The van der Waals surface area contributed by atoms with Gasteiger partial charge in [-0.3, -0.25) is 15.2 Å². The molecule has 0 radical (unpaired) electrons. The van der Waals surface area contributed by atoms with Gasteiger partial charge in [-0.15, -0.1) is 0 Å². The molecule has 92 valence electrons. The minimum Gasteiger partial charge on any atom is -0.387 e. The predicted molar refractivity (Wildman–Crippen MR) is 65.2 cm³/mol. The number of aliphatic hydroxyl groups excluding tert-OH is 1. The van der Waals surface area contributed by atoms with Crippen molar-refractivity contribution in [2.45, 2.75) is 25.5 Å². The first-order valence-electron chi connectivity index (χ1n) is 5.69. The summed E-state index contributed by atoms with van der Waals surface area (Å²) in [6, 6.07) is 7.06. The van der Waals surface area contributed by atoms with Crippen molar-refractivity contribution >= 4 is 11.6 Å². The molecule has 0 saturated carbocycles. The van der Waals surface area contributed by atoms with E-state index in [4.69, 9.17) is 5.73 Å². The minimum atomic E-state index is -0.733. The quantitative estimate of drug-likeness (QED) is 0.704. The number of para-hydroxylation sites is 1. The summed E-state index contributed by atoms with van der Waals surface area (Å²) in [5, 5.41) is 11.8. The van der Waals surface area contributed by atoms with E-state index in [1.54, 1.807) is 11.9 Å². The molecule has 5 nitrogen and oxygen atoms in total. The summed E-state index contributed by atoms with van der Waals surface area (Å²) >= 11 is 0. The Balaban J connectivity index is 2.30. The molecule has 1 amide bonds. The lowest BCUT2D eigenvalue weighted by molar-refractivity contribution is -0.119. The number of rotatable bonds is 3. The van der Waals surface area contributed by atoms with E-state index in [1.165, 1.54) is 0 Å². The number of nitrogens with zero attached hydrogens (tertiary/aromatic N) is 1. The number of amides is 1. The van der Waals surface area contributed by atoms with E-state index < -0.39 is 6.10 Å². The fourth-order valence-electron chi connectivity index (χ4n) is 1.92. The highest BCUT2D eigenvalue weighted by Crippen LogP contribution is 2.28. The molecule has 2 rings (SSSR count). The van der Waals surface area contributed by atoms with Crippen LogP contribution in [0.5, 0.6) is 0 Å². The topological polar surface area (TPSA) is 78.6 Å². The summed E-state index contributed by atoms with van der Waals surface area (Å²) in [4.78, 5) is 11.2. The van der Waals surface area contributed by atoms with Gasteiger partial charge in [0.05, 0.1) is 11.8 Å². The van der Waals surface area contributed by atoms with E-state index >= 15 is 0 Å². The van der Waals surface area contributed by atoms with Crippen LogP contribution in [0.2, 0.25) is 0 Å². The smallest absolute Gasteiger partial charge is 0.240 e. The zero-order valence-corrected chi connectivity index (χ0v) is 9.76. The van der Waals surface area contributed by atoms with Crippen molar-refractivity contribution < 1.29 is 9.90 Å². The zero-order chi connectivity index (χ0) is 12.4. The van der Waals surface area contributed by atoms with E-state index in [-0.39, 0.29) is 11.9 Å². The minimum absolute atomic E-state index is 0.00455. The average Bonchev–Trinajstić information content (AvgIpc) is 2.74. The van der Waals surface area contributed by atoms with Gasteiger partial charge < -0.3 is 10.8 Å². The highest BCUT2D eigenvalue weighted by Gasteiger charge is 2.24. The fraction of sp³-hybridized carbons (Fsp3) is 0.417. The first-order valence-corrected chi connectivity index (χ1v) is 5.69. The summed E-state index contributed by atoms with van der Waals surface area (Å²) in [5.74, 6) is -0.00455. The first kappa shape index (κ1) is 11.9. The van der Waals surface area contributed by atoms with Crippen LogP contribution < -0.4 is 16.2 Å². The number of aliphatic hydroxyl groups is 1. The first-order chi connectivity index (χ1) is 8.09. The standard InChI is InChI=1S/C12H17N3O2/c1-8(13)12(17)9-4-2-3-5-10(9)15-7-6-11(16)14-15/h2-5,8,12,17H,6-7,13H2,1H3,(H,14,16). The molecule has 1 aromatic carbocycles. The highest BCUT2D eigenvalue weighted by atomic mass is 16.3. The third-order valence-corrected chi connectivity index (χ3v) is 2.87. The van der Waals surface area contributed by atoms with E-state index in [9.17, 15) is 9.90 Å². The largest absolute Gasteiger partial charge is 0.387 e. The third kappa shape index (κ3) is 2.40. The zero-order valence-electron chi connectivity index (χ0n) is 9.76. The van der Waals surface area contributed by atoms with Gasteiger partial charge in [0.25, 0.3) is 0 Å². The van der Waals surface area contributed by atoms with Crippen LogP contribution in [0.15, 0.2) is 24.3 Å².